The fourth-order valence-corrected chi connectivity index (χ4v) is 8.91. The zero-order valence-corrected chi connectivity index (χ0v) is 30.8. The maximum absolute atomic E-state index is 13.0. The molecule has 2 N–H and O–H groups in total. The second-order valence-electron chi connectivity index (χ2n) is 15.5. The Hall–Kier alpha value is -5.48. The van der Waals surface area contributed by atoms with Gasteiger partial charge >= 0.3 is 6.03 Å². The molecule has 0 unspecified atom stereocenters. The minimum atomic E-state index is -0.358. The summed E-state index contributed by atoms with van der Waals surface area (Å²) in [6, 6.07) is 15.5. The van der Waals surface area contributed by atoms with Crippen molar-refractivity contribution in [2.45, 2.75) is 63.8 Å². The topological polar surface area (TPSA) is 149 Å². The molecule has 0 bridgehead atoms. The van der Waals surface area contributed by atoms with E-state index in [0.717, 1.165) is 42.5 Å². The van der Waals surface area contributed by atoms with E-state index in [1.807, 2.05) is 30.3 Å². The van der Waals surface area contributed by atoms with Crippen LogP contribution in [0.1, 0.15) is 79.8 Å². The number of hydrogen-bond acceptors (Lipinski definition) is 9. The van der Waals surface area contributed by atoms with E-state index in [1.165, 1.54) is 82.3 Å². The lowest BCUT2D eigenvalue weighted by atomic mass is 9.71. The van der Waals surface area contributed by atoms with Crippen molar-refractivity contribution in [3.05, 3.63) is 72.2 Å². The van der Waals surface area contributed by atoms with E-state index in [0.29, 0.717) is 52.9 Å². The van der Waals surface area contributed by atoms with Crippen LogP contribution in [0.15, 0.2) is 61.1 Å². The summed E-state index contributed by atoms with van der Waals surface area (Å²) in [6.45, 7) is 6.08. The normalized spacial score (nSPS) is 21.9. The number of imide groups is 1. The van der Waals surface area contributed by atoms with Crippen molar-refractivity contribution in [2.75, 3.05) is 61.5 Å². The first-order valence-corrected chi connectivity index (χ1v) is 19.2. The number of aromatic nitrogens is 3. The number of fused-ring (bicyclic) bond motifs is 1. The Labute approximate surface area is 315 Å². The minimum absolute atomic E-state index is 0.214. The molecule has 1 aliphatic carbocycles. The molecule has 2 aromatic carbocycles. The molecule has 1 saturated carbocycles. The number of anilines is 3. The van der Waals surface area contributed by atoms with Crippen molar-refractivity contribution in [1.82, 2.24) is 25.0 Å². The van der Waals surface area contributed by atoms with Gasteiger partial charge < -0.3 is 19.9 Å². The predicted molar refractivity (Wildman–Crippen MR) is 206 cm³/mol. The van der Waals surface area contributed by atoms with Gasteiger partial charge in [-0.15, -0.1) is 0 Å². The zero-order valence-electron chi connectivity index (χ0n) is 30.8. The summed E-state index contributed by atoms with van der Waals surface area (Å²) in [5.41, 5.74) is 4.47. The molecule has 4 fully saturated rings. The maximum Gasteiger partial charge on any atom is 0.328 e. The van der Waals surface area contributed by atoms with Gasteiger partial charge in [-0.1, -0.05) is 0 Å². The fraction of sp³-hybridized carbons (Fsp3) is 0.463. The number of urea groups is 1. The van der Waals surface area contributed by atoms with Gasteiger partial charge in [0, 0.05) is 74.0 Å². The number of carbonyl (C=O) groups is 3. The molecule has 1 spiro atoms. The molecule has 54 heavy (non-hydrogen) atoms. The van der Waals surface area contributed by atoms with Gasteiger partial charge in [0.1, 0.15) is 11.8 Å². The highest BCUT2D eigenvalue weighted by Gasteiger charge is 2.38. The van der Waals surface area contributed by atoms with Crippen LogP contribution in [-0.2, 0) is 4.79 Å². The number of methoxy groups -OCH3 is 1. The highest BCUT2D eigenvalue weighted by Crippen LogP contribution is 2.43. The first-order chi connectivity index (χ1) is 26.3. The molecule has 0 atom stereocenters. The number of nitrogens with one attached hydrogen (secondary N) is 2. The van der Waals surface area contributed by atoms with Gasteiger partial charge in [-0.05, 0) is 112 Å². The quantitative estimate of drug-likeness (QED) is 0.219. The van der Waals surface area contributed by atoms with Crippen LogP contribution in [0.3, 0.4) is 0 Å². The molecule has 4 aliphatic rings. The number of amides is 4. The van der Waals surface area contributed by atoms with E-state index in [2.05, 4.69) is 48.4 Å². The third kappa shape index (κ3) is 7.48. The van der Waals surface area contributed by atoms with Crippen molar-refractivity contribution in [3.63, 3.8) is 0 Å². The van der Waals surface area contributed by atoms with Crippen LogP contribution < -0.4 is 25.2 Å². The number of ether oxygens (including phenoxy) is 1. The van der Waals surface area contributed by atoms with E-state index in [4.69, 9.17) is 9.84 Å². The Morgan fingerprint density at radius 3 is 2.39 bits per heavy atom. The molecule has 4 aromatic rings. The molecule has 5 heterocycles. The number of nitriles is 1. The Kier molecular flexibility index (Phi) is 9.94. The monoisotopic (exact) mass is 729 g/mol. The van der Waals surface area contributed by atoms with Crippen LogP contribution in [-0.4, -0.2) is 83.9 Å². The molecule has 13 nitrogen and oxygen atoms in total. The van der Waals surface area contributed by atoms with Gasteiger partial charge in [-0.3, -0.25) is 29.5 Å². The van der Waals surface area contributed by atoms with Gasteiger partial charge in [0.2, 0.25) is 5.91 Å². The third-order valence-electron chi connectivity index (χ3n) is 12.2. The van der Waals surface area contributed by atoms with Crippen LogP contribution in [0.5, 0.6) is 5.75 Å². The van der Waals surface area contributed by atoms with Crippen molar-refractivity contribution < 1.29 is 19.1 Å². The Morgan fingerprint density at radius 2 is 1.69 bits per heavy atom. The molecule has 0 radical (unpaired) electrons. The summed E-state index contributed by atoms with van der Waals surface area (Å²) >= 11 is 0. The number of hydrogen-bond donors (Lipinski definition) is 2. The second-order valence-corrected chi connectivity index (χ2v) is 15.5. The average molecular weight is 730 g/mol. The molecular weight excluding hydrogens is 683 g/mol. The summed E-state index contributed by atoms with van der Waals surface area (Å²) in [7, 11) is 1.58. The lowest BCUT2D eigenvalue weighted by Crippen LogP contribution is -2.49. The summed E-state index contributed by atoms with van der Waals surface area (Å²) in [6.07, 6.45) is 14.8. The number of piperidine rings is 2. The van der Waals surface area contributed by atoms with Gasteiger partial charge in [-0.25, -0.2) is 4.79 Å². The molecule has 13 heteroatoms. The first-order valence-electron chi connectivity index (χ1n) is 19.2. The van der Waals surface area contributed by atoms with Gasteiger partial charge in [-0.2, -0.15) is 10.4 Å². The SMILES string of the molecule is COc1cc2nn(C3CCC(CN4CCC5(CC4)CCN(c4ccc(N6CCC(=O)NC6=O)cc4)CC5)CC3)cc2cc1NC(=O)c1cncc(C#N)c1. The van der Waals surface area contributed by atoms with Crippen molar-refractivity contribution in [1.29, 1.82) is 5.26 Å². The highest BCUT2D eigenvalue weighted by atomic mass is 16.5. The van der Waals surface area contributed by atoms with E-state index in [9.17, 15) is 19.6 Å². The van der Waals surface area contributed by atoms with Gasteiger partial charge in [0.15, 0.2) is 0 Å². The maximum atomic E-state index is 13.0. The van der Waals surface area contributed by atoms with Gasteiger partial charge in [0.05, 0.1) is 35.5 Å². The van der Waals surface area contributed by atoms with Crippen LogP contribution in [0, 0.1) is 22.7 Å². The third-order valence-corrected chi connectivity index (χ3v) is 12.2. The zero-order chi connectivity index (χ0) is 37.2. The highest BCUT2D eigenvalue weighted by molar-refractivity contribution is 6.06. The molecule has 4 amide bonds. The summed E-state index contributed by atoms with van der Waals surface area (Å²) < 4.78 is 7.71. The molecule has 3 aliphatic heterocycles. The second kappa shape index (κ2) is 15.1. The molecular formula is C41H47N9O4. The van der Waals surface area contributed by atoms with E-state index >= 15 is 0 Å². The number of pyridine rings is 1. The Morgan fingerprint density at radius 1 is 0.963 bits per heavy atom. The van der Waals surface area contributed by atoms with Crippen molar-refractivity contribution in [3.8, 4) is 11.8 Å². The van der Waals surface area contributed by atoms with E-state index < -0.39 is 0 Å². The number of carbonyl (C=O) groups excluding carboxylic acids is 3. The molecule has 8 rings (SSSR count). The minimum Gasteiger partial charge on any atom is -0.494 e. The molecule has 3 saturated heterocycles. The Balaban J connectivity index is 0.798. The summed E-state index contributed by atoms with van der Waals surface area (Å²) in [4.78, 5) is 47.5. The number of nitrogens with zero attached hydrogens (tertiary/aromatic N) is 7. The standard InChI is InChI=1S/C41H47N9O4/c1-54-37-22-35-31(21-36(37)44-39(52)30-20-29(23-42)24-43-25-30)27-50(46-35)34-4-2-28(3-5-34)26-47-16-11-41(12-17-47)13-18-48(19-14-41)32-6-8-33(9-7-32)49-15-10-38(51)45-40(49)53/h6-9,20-22,24-25,27-28,34H,2-5,10-19,26H2,1H3,(H,44,52)(H,45,51,53). The van der Waals surface area contributed by atoms with Crippen LogP contribution in [0.2, 0.25) is 0 Å². The summed E-state index contributed by atoms with van der Waals surface area (Å²) in [5.74, 6) is 0.662. The average Bonchev–Trinajstić information content (AvgIpc) is 3.62. The predicted octanol–water partition coefficient (Wildman–Crippen LogP) is 6.12. The first kappa shape index (κ1) is 35.5. The van der Waals surface area contributed by atoms with Crippen molar-refractivity contribution >= 4 is 45.8 Å². The van der Waals surface area contributed by atoms with Crippen LogP contribution in [0.4, 0.5) is 21.9 Å². The van der Waals surface area contributed by atoms with Crippen molar-refractivity contribution in [2.24, 2.45) is 11.3 Å². The summed E-state index contributed by atoms with van der Waals surface area (Å²) in [5, 5.41) is 20.4. The lowest BCUT2D eigenvalue weighted by molar-refractivity contribution is -0.120. The lowest BCUT2D eigenvalue weighted by Gasteiger charge is -2.48. The van der Waals surface area contributed by atoms with E-state index in [1.54, 1.807) is 12.0 Å². The van der Waals surface area contributed by atoms with Crippen LogP contribution in [0.25, 0.3) is 10.9 Å². The largest absolute Gasteiger partial charge is 0.494 e. The number of rotatable bonds is 8. The van der Waals surface area contributed by atoms with Gasteiger partial charge in [0.25, 0.3) is 5.91 Å². The Bertz CT molecular complexity index is 2060. The molecule has 280 valence electrons. The number of likely N-dealkylation sites (tertiary alicyclic amines) is 1. The van der Waals surface area contributed by atoms with Crippen LogP contribution >= 0.6 is 0 Å². The number of benzene rings is 2. The van der Waals surface area contributed by atoms with E-state index in [-0.39, 0.29) is 17.8 Å². The smallest absolute Gasteiger partial charge is 0.328 e. The fourth-order valence-electron chi connectivity index (χ4n) is 8.91. The molecule has 2 aromatic heterocycles.